The molecule has 0 unspecified atom stereocenters. The molecule has 29 heavy (non-hydrogen) atoms. The summed E-state index contributed by atoms with van der Waals surface area (Å²) in [6.45, 7) is 3.49. The van der Waals surface area contributed by atoms with Gasteiger partial charge in [0.1, 0.15) is 11.5 Å². The summed E-state index contributed by atoms with van der Waals surface area (Å²) in [6.07, 6.45) is 1.60. The van der Waals surface area contributed by atoms with Crippen molar-refractivity contribution in [3.63, 3.8) is 0 Å². The number of methoxy groups -OCH3 is 2. The molecule has 3 aromatic rings. The second-order valence-electron chi connectivity index (χ2n) is 6.64. The Bertz CT molecular complexity index is 945. The monoisotopic (exact) mass is 392 g/mol. The summed E-state index contributed by atoms with van der Waals surface area (Å²) < 4.78 is 10.7. The van der Waals surface area contributed by atoms with Gasteiger partial charge in [-0.1, -0.05) is 18.2 Å². The molecule has 1 saturated heterocycles. The van der Waals surface area contributed by atoms with Gasteiger partial charge in [0.15, 0.2) is 5.82 Å². The number of nitrogens with zero attached hydrogens (tertiary/aromatic N) is 5. The molecule has 0 aliphatic carbocycles. The molecule has 0 saturated carbocycles. The van der Waals surface area contributed by atoms with Gasteiger partial charge < -0.3 is 24.6 Å². The first-order valence-electron chi connectivity index (χ1n) is 9.50. The lowest BCUT2D eigenvalue weighted by molar-refractivity contribution is 0.405. The molecular weight excluding hydrogens is 368 g/mol. The minimum atomic E-state index is 0.604. The maximum Gasteiger partial charge on any atom is 0.247 e. The Labute approximate surface area is 170 Å². The van der Waals surface area contributed by atoms with E-state index in [0.29, 0.717) is 17.5 Å². The molecule has 0 radical (unpaired) electrons. The van der Waals surface area contributed by atoms with E-state index in [9.17, 15) is 0 Å². The highest BCUT2D eigenvalue weighted by molar-refractivity contribution is 5.66. The van der Waals surface area contributed by atoms with E-state index in [-0.39, 0.29) is 0 Å². The van der Waals surface area contributed by atoms with Gasteiger partial charge in [0, 0.05) is 37.9 Å². The molecule has 2 heterocycles. The van der Waals surface area contributed by atoms with E-state index in [0.717, 1.165) is 37.6 Å². The molecule has 1 aliphatic heterocycles. The summed E-state index contributed by atoms with van der Waals surface area (Å²) in [5, 5.41) is 11.6. The van der Waals surface area contributed by atoms with E-state index in [1.807, 2.05) is 24.3 Å². The number of aromatic nitrogens is 3. The lowest BCUT2D eigenvalue weighted by atomic mass is 10.2. The topological polar surface area (TPSA) is 75.6 Å². The molecule has 1 N–H and O–H groups in total. The molecule has 1 aliphatic rings. The molecule has 8 heteroatoms. The molecule has 4 rings (SSSR count). The standard InChI is InChI=1S/C21H24N6O2/c1-28-17-8-9-19(29-2)18(14-17)23-20-15-22-25-21(24-20)27-12-10-26(11-13-27)16-6-4-3-5-7-16/h3-9,14-15H,10-13H2,1-2H3,(H,23,24,25). The van der Waals surface area contributed by atoms with Crippen molar-refractivity contribution in [2.24, 2.45) is 0 Å². The predicted octanol–water partition coefficient (Wildman–Crippen LogP) is 2.96. The fraction of sp³-hybridized carbons (Fsp3) is 0.286. The van der Waals surface area contributed by atoms with Crippen molar-refractivity contribution in [3.8, 4) is 11.5 Å². The van der Waals surface area contributed by atoms with E-state index in [2.05, 4.69) is 54.6 Å². The third-order valence-corrected chi connectivity index (χ3v) is 4.90. The van der Waals surface area contributed by atoms with Crippen molar-refractivity contribution in [2.45, 2.75) is 0 Å². The van der Waals surface area contributed by atoms with Crippen LogP contribution in [-0.4, -0.2) is 55.6 Å². The minimum absolute atomic E-state index is 0.604. The molecule has 0 amide bonds. The Morgan fingerprint density at radius 1 is 0.897 bits per heavy atom. The van der Waals surface area contributed by atoms with Crippen LogP contribution in [0.5, 0.6) is 11.5 Å². The summed E-state index contributed by atoms with van der Waals surface area (Å²) in [5.41, 5.74) is 2.00. The first-order valence-corrected chi connectivity index (χ1v) is 9.50. The second-order valence-corrected chi connectivity index (χ2v) is 6.64. The number of benzene rings is 2. The predicted molar refractivity (Wildman–Crippen MR) is 114 cm³/mol. The van der Waals surface area contributed by atoms with Gasteiger partial charge in [-0.2, -0.15) is 10.1 Å². The van der Waals surface area contributed by atoms with Crippen LogP contribution in [0, 0.1) is 0 Å². The fourth-order valence-electron chi connectivity index (χ4n) is 3.34. The van der Waals surface area contributed by atoms with Crippen LogP contribution in [0.3, 0.4) is 0 Å². The number of nitrogens with one attached hydrogen (secondary N) is 1. The summed E-state index contributed by atoms with van der Waals surface area (Å²) in [7, 11) is 3.26. The van der Waals surface area contributed by atoms with Crippen molar-refractivity contribution in [2.75, 3.05) is 55.5 Å². The molecule has 8 nitrogen and oxygen atoms in total. The zero-order chi connectivity index (χ0) is 20.1. The van der Waals surface area contributed by atoms with Crippen LogP contribution in [0.15, 0.2) is 54.7 Å². The molecule has 1 aromatic heterocycles. The van der Waals surface area contributed by atoms with Crippen LogP contribution in [-0.2, 0) is 0 Å². The third kappa shape index (κ3) is 4.31. The smallest absolute Gasteiger partial charge is 0.247 e. The highest BCUT2D eigenvalue weighted by Crippen LogP contribution is 2.31. The number of para-hydroxylation sites is 1. The Hall–Kier alpha value is -3.55. The van der Waals surface area contributed by atoms with E-state index < -0.39 is 0 Å². The average molecular weight is 392 g/mol. The van der Waals surface area contributed by atoms with Gasteiger partial charge in [-0.05, 0) is 24.3 Å². The molecule has 1 fully saturated rings. The fourth-order valence-corrected chi connectivity index (χ4v) is 3.34. The van der Waals surface area contributed by atoms with Crippen molar-refractivity contribution in [1.29, 1.82) is 0 Å². The van der Waals surface area contributed by atoms with Gasteiger partial charge in [0.05, 0.1) is 26.1 Å². The largest absolute Gasteiger partial charge is 0.497 e. The van der Waals surface area contributed by atoms with Crippen molar-refractivity contribution < 1.29 is 9.47 Å². The van der Waals surface area contributed by atoms with Gasteiger partial charge in [-0.25, -0.2) is 0 Å². The Morgan fingerprint density at radius 2 is 1.66 bits per heavy atom. The summed E-state index contributed by atoms with van der Waals surface area (Å²) in [6, 6.07) is 16.0. The molecular formula is C21H24N6O2. The first-order chi connectivity index (χ1) is 14.3. The van der Waals surface area contributed by atoms with Crippen LogP contribution >= 0.6 is 0 Å². The van der Waals surface area contributed by atoms with Crippen LogP contribution < -0.4 is 24.6 Å². The Balaban J connectivity index is 1.46. The minimum Gasteiger partial charge on any atom is -0.497 e. The molecule has 0 spiro atoms. The second kappa shape index (κ2) is 8.64. The summed E-state index contributed by atoms with van der Waals surface area (Å²) in [4.78, 5) is 9.17. The Morgan fingerprint density at radius 3 is 2.38 bits per heavy atom. The zero-order valence-corrected chi connectivity index (χ0v) is 16.6. The van der Waals surface area contributed by atoms with E-state index in [1.54, 1.807) is 20.4 Å². The summed E-state index contributed by atoms with van der Waals surface area (Å²) >= 11 is 0. The number of piperazine rings is 1. The van der Waals surface area contributed by atoms with Gasteiger partial charge in [0.2, 0.25) is 5.95 Å². The highest BCUT2D eigenvalue weighted by atomic mass is 16.5. The average Bonchev–Trinajstić information content (AvgIpc) is 2.80. The van der Waals surface area contributed by atoms with Gasteiger partial charge in [-0.3, -0.25) is 0 Å². The summed E-state index contributed by atoms with van der Waals surface area (Å²) in [5.74, 6) is 2.65. The molecule has 2 aromatic carbocycles. The number of ether oxygens (including phenoxy) is 2. The van der Waals surface area contributed by atoms with E-state index in [1.165, 1.54) is 5.69 Å². The molecule has 0 atom stereocenters. The normalized spacial score (nSPS) is 13.9. The van der Waals surface area contributed by atoms with Crippen molar-refractivity contribution in [3.05, 3.63) is 54.7 Å². The van der Waals surface area contributed by atoms with Crippen LogP contribution in [0.2, 0.25) is 0 Å². The van der Waals surface area contributed by atoms with E-state index in [4.69, 9.17) is 9.47 Å². The molecule has 150 valence electrons. The van der Waals surface area contributed by atoms with Gasteiger partial charge in [-0.15, -0.1) is 5.10 Å². The SMILES string of the molecule is COc1ccc(OC)c(Nc2cnnc(N3CCN(c4ccccc4)CC3)n2)c1. The van der Waals surface area contributed by atoms with Crippen molar-refractivity contribution >= 4 is 23.1 Å². The lowest BCUT2D eigenvalue weighted by Crippen LogP contribution is -2.47. The Kier molecular flexibility index (Phi) is 5.60. The highest BCUT2D eigenvalue weighted by Gasteiger charge is 2.20. The van der Waals surface area contributed by atoms with Gasteiger partial charge in [0.25, 0.3) is 0 Å². The molecule has 0 bridgehead atoms. The maximum atomic E-state index is 5.42. The maximum absolute atomic E-state index is 5.42. The number of rotatable bonds is 6. The number of anilines is 4. The zero-order valence-electron chi connectivity index (χ0n) is 16.6. The van der Waals surface area contributed by atoms with Gasteiger partial charge >= 0.3 is 0 Å². The number of hydrogen-bond donors (Lipinski definition) is 1. The van der Waals surface area contributed by atoms with Crippen LogP contribution in [0.1, 0.15) is 0 Å². The van der Waals surface area contributed by atoms with Crippen molar-refractivity contribution in [1.82, 2.24) is 15.2 Å². The number of hydrogen-bond acceptors (Lipinski definition) is 8. The van der Waals surface area contributed by atoms with Crippen LogP contribution in [0.4, 0.5) is 23.1 Å². The quantitative estimate of drug-likeness (QED) is 0.686. The lowest BCUT2D eigenvalue weighted by Gasteiger charge is -2.35. The van der Waals surface area contributed by atoms with E-state index >= 15 is 0 Å². The van der Waals surface area contributed by atoms with Crippen LogP contribution in [0.25, 0.3) is 0 Å². The first kappa shape index (κ1) is 18.8. The third-order valence-electron chi connectivity index (χ3n) is 4.90.